The summed E-state index contributed by atoms with van der Waals surface area (Å²) >= 11 is 0. The third kappa shape index (κ3) is 5.15. The van der Waals surface area contributed by atoms with E-state index < -0.39 is 0 Å². The molecule has 1 aliphatic carbocycles. The van der Waals surface area contributed by atoms with Gasteiger partial charge in [0.2, 0.25) is 5.88 Å². The van der Waals surface area contributed by atoms with Gasteiger partial charge in [-0.05, 0) is 38.7 Å². The van der Waals surface area contributed by atoms with Gasteiger partial charge in [0.15, 0.2) is 12.4 Å². The van der Waals surface area contributed by atoms with Crippen LogP contribution in [0.5, 0.6) is 11.8 Å². The van der Waals surface area contributed by atoms with Crippen molar-refractivity contribution in [2.24, 2.45) is 0 Å². The van der Waals surface area contributed by atoms with E-state index in [-0.39, 0.29) is 18.3 Å². The summed E-state index contributed by atoms with van der Waals surface area (Å²) in [5, 5.41) is 9.76. The quantitative estimate of drug-likeness (QED) is 0.467. The zero-order chi connectivity index (χ0) is 24.4. The van der Waals surface area contributed by atoms with E-state index in [9.17, 15) is 9.18 Å². The third-order valence-corrected chi connectivity index (χ3v) is 6.54. The van der Waals surface area contributed by atoms with Crippen LogP contribution in [-0.2, 0) is 17.9 Å². The van der Waals surface area contributed by atoms with Crippen LogP contribution >= 0.6 is 0 Å². The largest absolute Gasteiger partial charge is 0.481 e. The van der Waals surface area contributed by atoms with Gasteiger partial charge in [0.1, 0.15) is 11.3 Å². The highest BCUT2D eigenvalue weighted by Crippen LogP contribution is 2.26. The fourth-order valence-corrected chi connectivity index (χ4v) is 4.53. The maximum absolute atomic E-state index is 14.6. The molecule has 11 heteroatoms. The van der Waals surface area contributed by atoms with Gasteiger partial charge in [-0.1, -0.05) is 0 Å². The van der Waals surface area contributed by atoms with Crippen LogP contribution in [0.3, 0.4) is 0 Å². The van der Waals surface area contributed by atoms with Gasteiger partial charge < -0.3 is 25.4 Å². The fourth-order valence-electron chi connectivity index (χ4n) is 4.53. The van der Waals surface area contributed by atoms with Gasteiger partial charge >= 0.3 is 0 Å². The molecule has 0 saturated heterocycles. The molecule has 1 saturated carbocycles. The zero-order valence-electron chi connectivity index (χ0n) is 19.7. The molecule has 1 fully saturated rings. The molecule has 3 aromatic rings. The van der Waals surface area contributed by atoms with Crippen molar-refractivity contribution in [1.82, 2.24) is 30.6 Å². The molecule has 4 heterocycles. The Bertz CT molecular complexity index is 1250. The van der Waals surface area contributed by atoms with Gasteiger partial charge in [0.25, 0.3) is 11.8 Å². The van der Waals surface area contributed by atoms with Crippen molar-refractivity contribution in [3.8, 4) is 11.8 Å². The number of pyridine rings is 2. The Balaban J connectivity index is 1.15. The van der Waals surface area contributed by atoms with Crippen molar-refractivity contribution in [1.29, 1.82) is 0 Å². The van der Waals surface area contributed by atoms with Crippen molar-refractivity contribution in [2.45, 2.75) is 57.8 Å². The molecule has 35 heavy (non-hydrogen) atoms. The Labute approximate surface area is 202 Å². The standard InChI is InChI=1S/C24H28FN7O3/c1-13-19(30-23-24(29-13)35-12-20(33)31-23)11-27-15-5-3-14(4-6-15)26-9-16-17(25)10-28-18-7-8-21(34-2)32-22(16)18/h7-8,10,14-15,26-27H,3-6,9,11-12H2,1-2H3,(H,30,31,33). The molecule has 0 bridgehead atoms. The van der Waals surface area contributed by atoms with Crippen molar-refractivity contribution in [2.75, 3.05) is 19.0 Å². The molecule has 10 nitrogen and oxygen atoms in total. The molecule has 1 aliphatic heterocycles. The Morgan fingerprint density at radius 3 is 2.60 bits per heavy atom. The average molecular weight is 482 g/mol. The number of nitrogens with zero attached hydrogens (tertiary/aromatic N) is 4. The molecule has 3 aromatic heterocycles. The first-order valence-corrected chi connectivity index (χ1v) is 11.7. The van der Waals surface area contributed by atoms with E-state index in [0.717, 1.165) is 37.1 Å². The van der Waals surface area contributed by atoms with Gasteiger partial charge in [-0.25, -0.2) is 19.3 Å². The molecule has 3 N–H and O–H groups in total. The Hall–Kier alpha value is -3.44. The summed E-state index contributed by atoms with van der Waals surface area (Å²) in [6.45, 7) is 2.79. The molecular formula is C24H28FN7O3. The predicted molar refractivity (Wildman–Crippen MR) is 127 cm³/mol. The number of carbonyl (C=O) groups excluding carboxylic acids is 1. The second-order valence-corrected chi connectivity index (χ2v) is 8.86. The van der Waals surface area contributed by atoms with E-state index in [2.05, 4.69) is 35.9 Å². The lowest BCUT2D eigenvalue weighted by molar-refractivity contribution is -0.118. The molecule has 0 unspecified atom stereocenters. The maximum atomic E-state index is 14.6. The number of anilines is 1. The average Bonchev–Trinajstić information content (AvgIpc) is 2.87. The molecule has 1 amide bonds. The van der Waals surface area contributed by atoms with Gasteiger partial charge in [-0.3, -0.25) is 9.78 Å². The number of hydrogen-bond acceptors (Lipinski definition) is 9. The minimum Gasteiger partial charge on any atom is -0.481 e. The lowest BCUT2D eigenvalue weighted by Crippen LogP contribution is -2.39. The summed E-state index contributed by atoms with van der Waals surface area (Å²) < 4.78 is 25.1. The number of fused-ring (bicyclic) bond motifs is 2. The first-order chi connectivity index (χ1) is 17.0. The number of methoxy groups -OCH3 is 1. The Morgan fingerprint density at radius 2 is 1.86 bits per heavy atom. The van der Waals surface area contributed by atoms with E-state index >= 15 is 0 Å². The lowest BCUT2D eigenvalue weighted by Gasteiger charge is -2.30. The number of hydrogen-bond donors (Lipinski definition) is 3. The number of aromatic nitrogens is 4. The van der Waals surface area contributed by atoms with Gasteiger partial charge in [0, 0.05) is 36.8 Å². The molecule has 2 aliphatic rings. The topological polar surface area (TPSA) is 123 Å². The summed E-state index contributed by atoms with van der Waals surface area (Å²) in [7, 11) is 1.54. The smallest absolute Gasteiger partial charge is 0.263 e. The van der Waals surface area contributed by atoms with Crippen LogP contribution in [-0.4, -0.2) is 51.6 Å². The van der Waals surface area contributed by atoms with E-state index in [4.69, 9.17) is 9.47 Å². The van der Waals surface area contributed by atoms with Crippen molar-refractivity contribution in [3.63, 3.8) is 0 Å². The lowest BCUT2D eigenvalue weighted by atomic mass is 9.91. The van der Waals surface area contributed by atoms with E-state index in [1.54, 1.807) is 12.1 Å². The highest BCUT2D eigenvalue weighted by atomic mass is 19.1. The number of aryl methyl sites for hydroxylation is 1. The minimum atomic E-state index is -0.371. The first kappa shape index (κ1) is 23.3. The number of ether oxygens (including phenoxy) is 2. The molecule has 184 valence electrons. The molecule has 0 atom stereocenters. The van der Waals surface area contributed by atoms with Crippen LogP contribution < -0.4 is 25.4 Å². The molecular weight excluding hydrogens is 453 g/mol. The number of carbonyl (C=O) groups is 1. The molecule has 0 radical (unpaired) electrons. The van der Waals surface area contributed by atoms with Gasteiger partial charge in [-0.15, -0.1) is 0 Å². The fraction of sp³-hybridized carbons (Fsp3) is 0.458. The normalized spacial score (nSPS) is 19.7. The molecule has 5 rings (SSSR count). The number of amides is 1. The number of rotatable bonds is 7. The SMILES string of the molecule is COc1ccc2ncc(F)c(CNC3CCC(NCc4nc5c(nc4C)OCC(=O)N5)CC3)c2n1. The van der Waals surface area contributed by atoms with Crippen LogP contribution in [0.2, 0.25) is 0 Å². The van der Waals surface area contributed by atoms with Crippen LogP contribution in [0.25, 0.3) is 11.0 Å². The third-order valence-electron chi connectivity index (χ3n) is 6.54. The summed E-state index contributed by atoms with van der Waals surface area (Å²) in [5.41, 5.74) is 3.24. The Morgan fingerprint density at radius 1 is 1.11 bits per heavy atom. The van der Waals surface area contributed by atoms with Crippen molar-refractivity contribution >= 4 is 22.8 Å². The maximum Gasteiger partial charge on any atom is 0.263 e. The highest BCUT2D eigenvalue weighted by Gasteiger charge is 2.24. The van der Waals surface area contributed by atoms with Crippen LogP contribution in [0.4, 0.5) is 10.2 Å². The number of nitrogens with one attached hydrogen (secondary N) is 3. The van der Waals surface area contributed by atoms with E-state index in [1.165, 1.54) is 13.3 Å². The summed E-state index contributed by atoms with van der Waals surface area (Å²) in [6, 6.07) is 4.15. The van der Waals surface area contributed by atoms with E-state index in [1.807, 2.05) is 6.92 Å². The Kier molecular flexibility index (Phi) is 6.69. The highest BCUT2D eigenvalue weighted by molar-refractivity contribution is 5.93. The van der Waals surface area contributed by atoms with E-state index in [0.29, 0.717) is 59.3 Å². The second kappa shape index (κ2) is 10.0. The summed E-state index contributed by atoms with van der Waals surface area (Å²) in [5.74, 6) is 0.578. The van der Waals surface area contributed by atoms with Gasteiger partial charge in [0.05, 0.1) is 30.2 Å². The van der Waals surface area contributed by atoms with Crippen molar-refractivity contribution in [3.05, 3.63) is 41.1 Å². The van der Waals surface area contributed by atoms with Crippen LogP contribution in [0.15, 0.2) is 18.3 Å². The second-order valence-electron chi connectivity index (χ2n) is 8.86. The predicted octanol–water partition coefficient (Wildman–Crippen LogP) is 2.40. The number of halogens is 1. The van der Waals surface area contributed by atoms with Crippen LogP contribution in [0.1, 0.15) is 42.6 Å². The monoisotopic (exact) mass is 481 g/mol. The molecule has 0 spiro atoms. The first-order valence-electron chi connectivity index (χ1n) is 11.7. The summed E-state index contributed by atoms with van der Waals surface area (Å²) in [4.78, 5) is 29.0. The minimum absolute atomic E-state index is 0.0370. The van der Waals surface area contributed by atoms with Crippen molar-refractivity contribution < 1.29 is 18.7 Å². The zero-order valence-corrected chi connectivity index (χ0v) is 19.7. The summed E-state index contributed by atoms with van der Waals surface area (Å²) in [6.07, 6.45) is 5.16. The molecule has 0 aromatic carbocycles. The van der Waals surface area contributed by atoms with Gasteiger partial charge in [-0.2, -0.15) is 0 Å². The van der Waals surface area contributed by atoms with Crippen LogP contribution in [0, 0.1) is 12.7 Å².